The molecule has 0 aliphatic heterocycles. The molecule has 1 aromatic rings. The van der Waals surface area contributed by atoms with Crippen LogP contribution in [0.4, 0.5) is 0 Å². The van der Waals surface area contributed by atoms with Gasteiger partial charge in [-0.3, -0.25) is 4.79 Å². The normalized spacial score (nSPS) is 12.0. The van der Waals surface area contributed by atoms with Crippen molar-refractivity contribution in [2.24, 2.45) is 5.92 Å². The highest BCUT2D eigenvalue weighted by atomic mass is 32.2. The largest absolute Gasteiger partial charge is 0.356 e. The van der Waals surface area contributed by atoms with E-state index in [0.717, 1.165) is 6.42 Å². The van der Waals surface area contributed by atoms with Crippen LogP contribution in [0.3, 0.4) is 0 Å². The molecule has 0 aliphatic rings. The van der Waals surface area contributed by atoms with Crippen LogP contribution in [0.1, 0.15) is 33.1 Å². The molecule has 0 saturated carbocycles. The monoisotopic (exact) mass is 332 g/mol. The average molecular weight is 332 g/mol. The van der Waals surface area contributed by atoms with Gasteiger partial charge in [-0.25, -0.2) is 12.7 Å². The molecule has 0 bridgehead atoms. The lowest BCUT2D eigenvalue weighted by Crippen LogP contribution is -2.29. The molecule has 1 aromatic heterocycles. The predicted octanol–water partition coefficient (Wildman–Crippen LogP) is 2.31. The van der Waals surface area contributed by atoms with Crippen molar-refractivity contribution in [3.05, 3.63) is 17.5 Å². The van der Waals surface area contributed by atoms with Gasteiger partial charge in [0.05, 0.1) is 0 Å². The molecule has 1 N–H and O–H groups in total. The van der Waals surface area contributed by atoms with Crippen molar-refractivity contribution < 1.29 is 13.2 Å². The molecule has 120 valence electrons. The Morgan fingerprint density at radius 2 is 2.14 bits per heavy atom. The number of carbonyl (C=O) groups is 1. The first-order valence-electron chi connectivity index (χ1n) is 7.10. The number of rotatable bonds is 9. The maximum Gasteiger partial charge on any atom is 0.252 e. The molecule has 0 spiro atoms. The lowest BCUT2D eigenvalue weighted by atomic mass is 10.1. The second-order valence-corrected chi connectivity index (χ2v) is 8.61. The second-order valence-electron chi connectivity index (χ2n) is 5.39. The molecule has 0 atom stereocenters. The average Bonchev–Trinajstić information content (AvgIpc) is 2.92. The summed E-state index contributed by atoms with van der Waals surface area (Å²) in [7, 11) is -1.85. The lowest BCUT2D eigenvalue weighted by molar-refractivity contribution is -0.121. The van der Waals surface area contributed by atoms with Gasteiger partial charge in [0.2, 0.25) is 5.91 Å². The van der Waals surface area contributed by atoms with Crippen LogP contribution in [-0.2, 0) is 14.8 Å². The lowest BCUT2D eigenvalue weighted by Gasteiger charge is -2.15. The highest BCUT2D eigenvalue weighted by Crippen LogP contribution is 2.19. The number of sulfonamides is 1. The van der Waals surface area contributed by atoms with Gasteiger partial charge in [0.1, 0.15) is 4.21 Å². The molecular formula is C14H24N2O3S2. The van der Waals surface area contributed by atoms with Crippen molar-refractivity contribution in [3.63, 3.8) is 0 Å². The van der Waals surface area contributed by atoms with Crippen LogP contribution in [-0.4, -0.2) is 38.8 Å². The van der Waals surface area contributed by atoms with E-state index in [2.05, 4.69) is 19.2 Å². The Hall–Kier alpha value is -0.920. The van der Waals surface area contributed by atoms with E-state index in [1.54, 1.807) is 24.6 Å². The van der Waals surface area contributed by atoms with Gasteiger partial charge in [0.25, 0.3) is 10.0 Å². The van der Waals surface area contributed by atoms with Gasteiger partial charge >= 0.3 is 0 Å². The van der Waals surface area contributed by atoms with E-state index < -0.39 is 10.0 Å². The Labute approximate surface area is 131 Å². The Morgan fingerprint density at radius 3 is 2.71 bits per heavy atom. The molecule has 0 aliphatic carbocycles. The quantitative estimate of drug-likeness (QED) is 0.754. The standard InChI is InChI=1S/C14H24N2O3S2/c1-12(2)8-9-15-13(17)6-4-10-16(3)21(18,19)14-7-5-11-20-14/h5,7,11-12H,4,6,8-10H2,1-3H3,(H,15,17). The maximum absolute atomic E-state index is 12.2. The zero-order valence-electron chi connectivity index (χ0n) is 12.8. The number of nitrogens with one attached hydrogen (secondary N) is 1. The van der Waals surface area contributed by atoms with Crippen molar-refractivity contribution in [2.75, 3.05) is 20.1 Å². The van der Waals surface area contributed by atoms with Gasteiger partial charge in [-0.05, 0) is 30.2 Å². The number of hydrogen-bond donors (Lipinski definition) is 1. The minimum absolute atomic E-state index is 0.0161. The van der Waals surface area contributed by atoms with E-state index >= 15 is 0 Å². The number of nitrogens with zero attached hydrogens (tertiary/aromatic N) is 1. The van der Waals surface area contributed by atoms with E-state index in [4.69, 9.17) is 0 Å². The zero-order valence-corrected chi connectivity index (χ0v) is 14.5. The van der Waals surface area contributed by atoms with Gasteiger partial charge < -0.3 is 5.32 Å². The van der Waals surface area contributed by atoms with Crippen LogP contribution < -0.4 is 5.32 Å². The highest BCUT2D eigenvalue weighted by molar-refractivity contribution is 7.91. The zero-order chi connectivity index (χ0) is 15.9. The fourth-order valence-corrected chi connectivity index (χ4v) is 4.15. The maximum atomic E-state index is 12.2. The summed E-state index contributed by atoms with van der Waals surface area (Å²) in [6, 6.07) is 3.31. The van der Waals surface area contributed by atoms with Crippen LogP contribution in [0.2, 0.25) is 0 Å². The summed E-state index contributed by atoms with van der Waals surface area (Å²) in [6.45, 7) is 5.24. The van der Waals surface area contributed by atoms with Gasteiger partial charge in [0, 0.05) is 26.6 Å². The van der Waals surface area contributed by atoms with Gasteiger partial charge in [-0.15, -0.1) is 11.3 Å². The second kappa shape index (κ2) is 8.51. The highest BCUT2D eigenvalue weighted by Gasteiger charge is 2.21. The molecule has 1 rings (SSSR count). The van der Waals surface area contributed by atoms with E-state index in [1.165, 1.54) is 15.6 Å². The Balaban J connectivity index is 2.30. The van der Waals surface area contributed by atoms with Gasteiger partial charge in [-0.2, -0.15) is 0 Å². The van der Waals surface area contributed by atoms with Crippen molar-refractivity contribution in [2.45, 2.75) is 37.3 Å². The van der Waals surface area contributed by atoms with E-state index in [9.17, 15) is 13.2 Å². The predicted molar refractivity (Wildman–Crippen MR) is 85.8 cm³/mol. The molecule has 1 amide bonds. The molecule has 1 heterocycles. The number of hydrogen-bond acceptors (Lipinski definition) is 4. The number of amides is 1. The first-order chi connectivity index (χ1) is 9.84. The molecule has 0 fully saturated rings. The van der Waals surface area contributed by atoms with Crippen molar-refractivity contribution in [1.29, 1.82) is 0 Å². The van der Waals surface area contributed by atoms with E-state index in [1.807, 2.05) is 0 Å². The van der Waals surface area contributed by atoms with E-state index in [0.29, 0.717) is 36.1 Å². The SMILES string of the molecule is CC(C)CCNC(=O)CCCN(C)S(=O)(=O)c1cccs1. The first kappa shape index (κ1) is 18.1. The summed E-state index contributed by atoms with van der Waals surface area (Å²) < 4.78 is 25.9. The summed E-state index contributed by atoms with van der Waals surface area (Å²) in [6.07, 6.45) is 1.83. The summed E-state index contributed by atoms with van der Waals surface area (Å²) in [5, 5.41) is 4.59. The molecule has 0 aromatic carbocycles. The van der Waals surface area contributed by atoms with Crippen molar-refractivity contribution >= 4 is 27.3 Å². The topological polar surface area (TPSA) is 66.5 Å². The number of carbonyl (C=O) groups excluding carboxylic acids is 1. The molecule has 0 saturated heterocycles. The smallest absolute Gasteiger partial charge is 0.252 e. The third-order valence-corrected chi connectivity index (χ3v) is 6.31. The van der Waals surface area contributed by atoms with Crippen LogP contribution in [0.25, 0.3) is 0 Å². The summed E-state index contributed by atoms with van der Waals surface area (Å²) >= 11 is 1.20. The van der Waals surface area contributed by atoms with Crippen molar-refractivity contribution in [1.82, 2.24) is 9.62 Å². The van der Waals surface area contributed by atoms with E-state index in [-0.39, 0.29) is 5.91 Å². The first-order valence-corrected chi connectivity index (χ1v) is 9.42. The molecule has 21 heavy (non-hydrogen) atoms. The minimum Gasteiger partial charge on any atom is -0.356 e. The summed E-state index contributed by atoms with van der Waals surface area (Å²) in [5.74, 6) is 0.546. The van der Waals surface area contributed by atoms with Gasteiger partial charge in [-0.1, -0.05) is 19.9 Å². The summed E-state index contributed by atoms with van der Waals surface area (Å²) in [4.78, 5) is 11.6. The van der Waals surface area contributed by atoms with Crippen LogP contribution in [0.15, 0.2) is 21.7 Å². The molecule has 5 nitrogen and oxygen atoms in total. The third kappa shape index (κ3) is 6.15. The molecular weight excluding hydrogens is 308 g/mol. The van der Waals surface area contributed by atoms with Gasteiger partial charge in [0.15, 0.2) is 0 Å². The Kier molecular flexibility index (Phi) is 7.34. The Morgan fingerprint density at radius 1 is 1.43 bits per heavy atom. The van der Waals surface area contributed by atoms with Crippen LogP contribution in [0, 0.1) is 5.92 Å². The molecule has 0 radical (unpaired) electrons. The Bertz CT molecular complexity index is 524. The fraction of sp³-hybridized carbons (Fsp3) is 0.643. The molecule has 0 unspecified atom stereocenters. The number of thiophene rings is 1. The third-order valence-electron chi connectivity index (χ3n) is 3.08. The minimum atomic E-state index is -3.40. The summed E-state index contributed by atoms with van der Waals surface area (Å²) in [5.41, 5.74) is 0. The fourth-order valence-electron chi connectivity index (χ4n) is 1.73. The molecule has 7 heteroatoms. The van der Waals surface area contributed by atoms with Crippen LogP contribution >= 0.6 is 11.3 Å². The van der Waals surface area contributed by atoms with Crippen molar-refractivity contribution in [3.8, 4) is 0 Å². The van der Waals surface area contributed by atoms with Crippen LogP contribution in [0.5, 0.6) is 0 Å².